The highest BCUT2D eigenvalue weighted by Crippen LogP contribution is 2.30. The first-order valence-electron chi connectivity index (χ1n) is 7.14. The van der Waals surface area contributed by atoms with Gasteiger partial charge in [-0.3, -0.25) is 0 Å². The minimum absolute atomic E-state index is 0.555. The molecule has 0 saturated heterocycles. The van der Waals surface area contributed by atoms with Gasteiger partial charge in [0, 0.05) is 18.3 Å². The maximum Gasteiger partial charge on any atom is 0.219 e. The number of aromatic nitrogens is 1. The van der Waals surface area contributed by atoms with Gasteiger partial charge >= 0.3 is 0 Å². The third kappa shape index (κ3) is 2.41. The molecule has 3 heteroatoms. The molecule has 1 heterocycles. The average molecular weight is 268 g/mol. The Morgan fingerprint density at radius 2 is 1.90 bits per heavy atom. The Balaban J connectivity index is 1.91. The van der Waals surface area contributed by atoms with Crippen molar-refractivity contribution in [3.8, 4) is 11.6 Å². The number of pyridine rings is 1. The third-order valence-electron chi connectivity index (χ3n) is 3.87. The van der Waals surface area contributed by atoms with E-state index in [4.69, 9.17) is 10.5 Å². The van der Waals surface area contributed by atoms with Gasteiger partial charge in [-0.05, 0) is 55.4 Å². The second kappa shape index (κ2) is 5.25. The molecule has 2 N–H and O–H groups in total. The number of aryl methyl sites for hydroxylation is 4. The zero-order chi connectivity index (χ0) is 14.1. The van der Waals surface area contributed by atoms with Crippen LogP contribution in [0.4, 0.5) is 0 Å². The molecular weight excluding hydrogens is 248 g/mol. The van der Waals surface area contributed by atoms with E-state index in [2.05, 4.69) is 37.0 Å². The van der Waals surface area contributed by atoms with E-state index in [1.54, 1.807) is 0 Å². The average Bonchev–Trinajstić information content (AvgIpc) is 2.90. The Hall–Kier alpha value is -1.87. The van der Waals surface area contributed by atoms with Gasteiger partial charge in [-0.2, -0.15) is 0 Å². The molecule has 3 rings (SSSR count). The highest BCUT2D eigenvalue weighted by Gasteiger charge is 2.14. The molecule has 0 saturated carbocycles. The standard InChI is InChI=1S/C17H20N2O/c1-11-8-13(10-18)9-12(2)17(11)20-16-7-6-14-4-3-5-15(14)19-16/h6-9H,3-5,10,18H2,1-2H3. The lowest BCUT2D eigenvalue weighted by Crippen LogP contribution is -2.00. The lowest BCUT2D eigenvalue weighted by molar-refractivity contribution is 0.454. The minimum atomic E-state index is 0.555. The summed E-state index contributed by atoms with van der Waals surface area (Å²) < 4.78 is 6.01. The lowest BCUT2D eigenvalue weighted by atomic mass is 10.1. The van der Waals surface area contributed by atoms with Gasteiger partial charge in [0.25, 0.3) is 0 Å². The first-order chi connectivity index (χ1) is 9.67. The molecule has 0 bridgehead atoms. The van der Waals surface area contributed by atoms with Crippen LogP contribution in [0.25, 0.3) is 0 Å². The van der Waals surface area contributed by atoms with Gasteiger partial charge in [0.2, 0.25) is 5.88 Å². The highest BCUT2D eigenvalue weighted by atomic mass is 16.5. The minimum Gasteiger partial charge on any atom is -0.438 e. The summed E-state index contributed by atoms with van der Waals surface area (Å²) in [5, 5.41) is 0. The van der Waals surface area contributed by atoms with Crippen LogP contribution >= 0.6 is 0 Å². The molecule has 1 aliphatic carbocycles. The quantitative estimate of drug-likeness (QED) is 0.927. The van der Waals surface area contributed by atoms with Crippen molar-refractivity contribution in [3.63, 3.8) is 0 Å². The Kier molecular flexibility index (Phi) is 3.45. The van der Waals surface area contributed by atoms with Crippen molar-refractivity contribution >= 4 is 0 Å². The van der Waals surface area contributed by atoms with Crippen molar-refractivity contribution in [1.29, 1.82) is 0 Å². The van der Waals surface area contributed by atoms with Crippen molar-refractivity contribution in [2.45, 2.75) is 39.7 Å². The summed E-state index contributed by atoms with van der Waals surface area (Å²) in [5.41, 5.74) is 11.6. The van der Waals surface area contributed by atoms with E-state index in [1.807, 2.05) is 6.07 Å². The van der Waals surface area contributed by atoms with E-state index >= 15 is 0 Å². The lowest BCUT2D eigenvalue weighted by Gasteiger charge is -2.13. The van der Waals surface area contributed by atoms with Crippen LogP contribution in [0.2, 0.25) is 0 Å². The predicted molar refractivity (Wildman–Crippen MR) is 80.1 cm³/mol. The summed E-state index contributed by atoms with van der Waals surface area (Å²) in [4.78, 5) is 4.63. The van der Waals surface area contributed by atoms with Crippen LogP contribution in [-0.4, -0.2) is 4.98 Å². The fraction of sp³-hybridized carbons (Fsp3) is 0.353. The Bertz CT molecular complexity index is 626. The van der Waals surface area contributed by atoms with Crippen LogP contribution < -0.4 is 10.5 Å². The van der Waals surface area contributed by atoms with Crippen LogP contribution in [0.3, 0.4) is 0 Å². The van der Waals surface area contributed by atoms with E-state index in [0.29, 0.717) is 12.4 Å². The molecule has 3 nitrogen and oxygen atoms in total. The maximum atomic E-state index is 6.01. The zero-order valence-corrected chi connectivity index (χ0v) is 12.1. The summed E-state index contributed by atoms with van der Waals surface area (Å²) in [6.07, 6.45) is 3.41. The monoisotopic (exact) mass is 268 g/mol. The fourth-order valence-corrected chi connectivity index (χ4v) is 2.88. The van der Waals surface area contributed by atoms with Crippen LogP contribution in [0.5, 0.6) is 11.6 Å². The van der Waals surface area contributed by atoms with Gasteiger partial charge in [-0.25, -0.2) is 4.98 Å². The summed E-state index contributed by atoms with van der Waals surface area (Å²) in [7, 11) is 0. The zero-order valence-electron chi connectivity index (χ0n) is 12.1. The largest absolute Gasteiger partial charge is 0.438 e. The second-order valence-electron chi connectivity index (χ2n) is 5.47. The van der Waals surface area contributed by atoms with Crippen molar-refractivity contribution in [2.24, 2.45) is 5.73 Å². The smallest absolute Gasteiger partial charge is 0.219 e. The first kappa shape index (κ1) is 13.1. The molecule has 0 aliphatic heterocycles. The molecular formula is C17H20N2O. The highest BCUT2D eigenvalue weighted by molar-refractivity contribution is 5.45. The molecule has 104 valence electrons. The fourth-order valence-electron chi connectivity index (χ4n) is 2.88. The number of hydrogen-bond acceptors (Lipinski definition) is 3. The number of benzene rings is 1. The third-order valence-corrected chi connectivity index (χ3v) is 3.87. The topological polar surface area (TPSA) is 48.1 Å². The second-order valence-corrected chi connectivity index (χ2v) is 5.47. The van der Waals surface area contributed by atoms with E-state index in [1.165, 1.54) is 17.7 Å². The Morgan fingerprint density at radius 1 is 1.15 bits per heavy atom. The van der Waals surface area contributed by atoms with E-state index in [-0.39, 0.29) is 0 Å². The molecule has 0 amide bonds. The number of nitrogens with two attached hydrogens (primary N) is 1. The number of fused-ring (bicyclic) bond motifs is 1. The summed E-state index contributed by atoms with van der Waals surface area (Å²) in [6.45, 7) is 4.66. The molecule has 1 aromatic carbocycles. The van der Waals surface area contributed by atoms with Crippen molar-refractivity contribution in [3.05, 3.63) is 52.2 Å². The molecule has 0 fully saturated rings. The van der Waals surface area contributed by atoms with Gasteiger partial charge in [-0.1, -0.05) is 18.2 Å². The molecule has 0 spiro atoms. The van der Waals surface area contributed by atoms with E-state index in [9.17, 15) is 0 Å². The van der Waals surface area contributed by atoms with E-state index in [0.717, 1.165) is 35.3 Å². The summed E-state index contributed by atoms with van der Waals surface area (Å²) in [5.74, 6) is 1.59. The molecule has 2 aromatic rings. The molecule has 1 aromatic heterocycles. The Morgan fingerprint density at radius 3 is 2.60 bits per heavy atom. The summed E-state index contributed by atoms with van der Waals surface area (Å²) in [6, 6.07) is 8.27. The van der Waals surface area contributed by atoms with Crippen LogP contribution in [0.1, 0.15) is 34.4 Å². The first-order valence-corrected chi connectivity index (χ1v) is 7.14. The van der Waals surface area contributed by atoms with Crippen molar-refractivity contribution in [1.82, 2.24) is 4.98 Å². The van der Waals surface area contributed by atoms with Crippen molar-refractivity contribution in [2.75, 3.05) is 0 Å². The molecule has 0 atom stereocenters. The SMILES string of the molecule is Cc1cc(CN)cc(C)c1Oc1ccc2c(n1)CCC2. The van der Waals surface area contributed by atoms with Crippen LogP contribution in [-0.2, 0) is 19.4 Å². The van der Waals surface area contributed by atoms with E-state index < -0.39 is 0 Å². The number of hydrogen-bond donors (Lipinski definition) is 1. The molecule has 0 radical (unpaired) electrons. The number of ether oxygens (including phenoxy) is 1. The number of nitrogens with zero attached hydrogens (tertiary/aromatic N) is 1. The molecule has 0 unspecified atom stereocenters. The normalized spacial score (nSPS) is 13.3. The van der Waals surface area contributed by atoms with Gasteiger partial charge in [0.1, 0.15) is 5.75 Å². The summed E-state index contributed by atoms with van der Waals surface area (Å²) >= 11 is 0. The molecule has 20 heavy (non-hydrogen) atoms. The number of rotatable bonds is 3. The molecule has 1 aliphatic rings. The van der Waals surface area contributed by atoms with Crippen LogP contribution in [0.15, 0.2) is 24.3 Å². The van der Waals surface area contributed by atoms with Gasteiger partial charge < -0.3 is 10.5 Å². The Labute approximate surface area is 119 Å². The van der Waals surface area contributed by atoms with Gasteiger partial charge in [0.05, 0.1) is 0 Å². The van der Waals surface area contributed by atoms with Gasteiger partial charge in [0.15, 0.2) is 0 Å². The van der Waals surface area contributed by atoms with Crippen molar-refractivity contribution < 1.29 is 4.74 Å². The predicted octanol–water partition coefficient (Wildman–Crippen LogP) is 3.44. The maximum absolute atomic E-state index is 6.01. The van der Waals surface area contributed by atoms with Crippen LogP contribution in [0, 0.1) is 13.8 Å². The van der Waals surface area contributed by atoms with Gasteiger partial charge in [-0.15, -0.1) is 0 Å².